The van der Waals surface area contributed by atoms with Gasteiger partial charge in [-0.25, -0.2) is 4.39 Å². The van der Waals surface area contributed by atoms with Gasteiger partial charge in [-0.15, -0.1) is 0 Å². The van der Waals surface area contributed by atoms with Crippen molar-refractivity contribution in [2.24, 2.45) is 0 Å². The van der Waals surface area contributed by atoms with Crippen LogP contribution in [0.15, 0.2) is 30.3 Å². The zero-order valence-electron chi connectivity index (χ0n) is 10.5. The minimum atomic E-state index is -0.416. The molecule has 2 aromatic carbocycles. The van der Waals surface area contributed by atoms with E-state index in [-0.39, 0.29) is 0 Å². The third-order valence-electron chi connectivity index (χ3n) is 2.84. The summed E-state index contributed by atoms with van der Waals surface area (Å²) in [6, 6.07) is 9.91. The summed E-state index contributed by atoms with van der Waals surface area (Å²) in [6.07, 6.45) is 0. The Hall–Kier alpha value is -2.05. The highest BCUT2D eigenvalue weighted by Gasteiger charge is 2.12. The third-order valence-corrected chi connectivity index (χ3v) is 3.08. The molecule has 0 atom stereocenters. The molecule has 19 heavy (non-hydrogen) atoms. The van der Waals surface area contributed by atoms with Gasteiger partial charge in [-0.1, -0.05) is 11.6 Å². The van der Waals surface area contributed by atoms with Crippen LogP contribution in [0.25, 0.3) is 11.1 Å². The molecule has 2 nitrogen and oxygen atoms in total. The molecule has 0 heterocycles. The van der Waals surface area contributed by atoms with Crippen molar-refractivity contribution < 1.29 is 9.13 Å². The highest BCUT2D eigenvalue weighted by molar-refractivity contribution is 6.30. The van der Waals surface area contributed by atoms with Crippen molar-refractivity contribution in [2.75, 3.05) is 7.11 Å². The molecule has 0 N–H and O–H groups in total. The van der Waals surface area contributed by atoms with Crippen LogP contribution >= 0.6 is 11.6 Å². The maximum atomic E-state index is 13.9. The van der Waals surface area contributed by atoms with Crippen molar-refractivity contribution in [2.45, 2.75) is 6.92 Å². The van der Waals surface area contributed by atoms with Gasteiger partial charge in [0.15, 0.2) is 0 Å². The number of hydrogen-bond donors (Lipinski definition) is 0. The van der Waals surface area contributed by atoms with E-state index < -0.39 is 5.82 Å². The first kappa shape index (κ1) is 13.4. The van der Waals surface area contributed by atoms with E-state index in [4.69, 9.17) is 21.6 Å². The molecule has 0 unspecified atom stereocenters. The summed E-state index contributed by atoms with van der Waals surface area (Å²) in [4.78, 5) is 0. The number of rotatable bonds is 2. The second-order valence-electron chi connectivity index (χ2n) is 4.11. The minimum absolute atomic E-state index is 0.340. The molecule has 0 saturated carbocycles. The Labute approximate surface area is 116 Å². The fraction of sp³-hybridized carbons (Fsp3) is 0.133. The molecule has 0 amide bonds. The smallest absolute Gasteiger partial charge is 0.139 e. The Morgan fingerprint density at radius 1 is 1.26 bits per heavy atom. The first-order valence-electron chi connectivity index (χ1n) is 5.61. The summed E-state index contributed by atoms with van der Waals surface area (Å²) in [6.45, 7) is 1.82. The molecular formula is C15H11ClFNO. The first-order valence-corrected chi connectivity index (χ1v) is 5.98. The quantitative estimate of drug-likeness (QED) is 0.817. The maximum Gasteiger partial charge on any atom is 0.139 e. The summed E-state index contributed by atoms with van der Waals surface area (Å²) in [7, 11) is 1.51. The molecule has 0 aromatic heterocycles. The van der Waals surface area contributed by atoms with Crippen molar-refractivity contribution in [3.05, 3.63) is 52.3 Å². The van der Waals surface area contributed by atoms with Gasteiger partial charge in [-0.2, -0.15) is 5.26 Å². The van der Waals surface area contributed by atoms with E-state index in [0.29, 0.717) is 27.5 Å². The van der Waals surface area contributed by atoms with Gasteiger partial charge < -0.3 is 4.74 Å². The highest BCUT2D eigenvalue weighted by atomic mass is 35.5. The molecule has 0 aliphatic rings. The summed E-state index contributed by atoms with van der Waals surface area (Å²) in [5, 5.41) is 9.45. The number of ether oxygens (including phenoxy) is 1. The topological polar surface area (TPSA) is 33.0 Å². The SMILES string of the molecule is COc1c(C)cc(-c2ccc(Cl)cc2F)cc1C#N. The predicted molar refractivity (Wildman–Crippen MR) is 72.9 cm³/mol. The maximum absolute atomic E-state index is 13.9. The van der Waals surface area contributed by atoms with Crippen LogP contribution in [0.5, 0.6) is 5.75 Å². The van der Waals surface area contributed by atoms with Crippen LogP contribution in [0.3, 0.4) is 0 Å². The summed E-state index contributed by atoms with van der Waals surface area (Å²) >= 11 is 5.73. The lowest BCUT2D eigenvalue weighted by atomic mass is 9.99. The zero-order chi connectivity index (χ0) is 14.0. The monoisotopic (exact) mass is 275 g/mol. The fourth-order valence-corrected chi connectivity index (χ4v) is 2.17. The molecule has 0 bridgehead atoms. The van der Waals surface area contributed by atoms with Crippen molar-refractivity contribution >= 4 is 11.6 Å². The fourth-order valence-electron chi connectivity index (χ4n) is 2.01. The standard InChI is InChI=1S/C15H11ClFNO/c1-9-5-10(6-11(8-18)15(9)19-2)13-4-3-12(16)7-14(13)17/h3-7H,1-2H3. The molecule has 0 aliphatic heterocycles. The third kappa shape index (κ3) is 2.54. The van der Waals surface area contributed by atoms with E-state index in [9.17, 15) is 4.39 Å². The average molecular weight is 276 g/mol. The molecule has 2 aromatic rings. The van der Waals surface area contributed by atoms with E-state index in [2.05, 4.69) is 6.07 Å². The molecule has 0 saturated heterocycles. The molecule has 0 spiro atoms. The van der Waals surface area contributed by atoms with Crippen molar-refractivity contribution in [3.8, 4) is 22.9 Å². The Morgan fingerprint density at radius 2 is 2.00 bits per heavy atom. The number of nitrogens with zero attached hydrogens (tertiary/aromatic N) is 1. The number of benzene rings is 2. The van der Waals surface area contributed by atoms with Crippen LogP contribution in [-0.2, 0) is 0 Å². The van der Waals surface area contributed by atoms with Gasteiger partial charge in [0.05, 0.1) is 12.7 Å². The van der Waals surface area contributed by atoms with Gasteiger partial charge in [-0.3, -0.25) is 0 Å². The molecule has 4 heteroatoms. The molecule has 0 radical (unpaired) electrons. The first-order chi connectivity index (χ1) is 9.06. The van der Waals surface area contributed by atoms with Crippen LogP contribution in [0.2, 0.25) is 5.02 Å². The second-order valence-corrected chi connectivity index (χ2v) is 4.55. The zero-order valence-corrected chi connectivity index (χ0v) is 11.3. The van der Waals surface area contributed by atoms with E-state index in [1.165, 1.54) is 13.2 Å². The van der Waals surface area contributed by atoms with Gasteiger partial charge in [-0.05, 0) is 48.4 Å². The molecule has 0 aliphatic carbocycles. The number of methoxy groups -OCH3 is 1. The van der Waals surface area contributed by atoms with Crippen LogP contribution in [0.4, 0.5) is 4.39 Å². The van der Waals surface area contributed by atoms with Crippen molar-refractivity contribution in [1.29, 1.82) is 5.26 Å². The highest BCUT2D eigenvalue weighted by Crippen LogP contribution is 2.32. The van der Waals surface area contributed by atoms with Crippen LogP contribution in [0.1, 0.15) is 11.1 Å². The summed E-state index contributed by atoms with van der Waals surface area (Å²) in [5.41, 5.74) is 2.20. The molecular weight excluding hydrogens is 265 g/mol. The molecule has 0 fully saturated rings. The number of halogens is 2. The molecule has 2 rings (SSSR count). The Balaban J connectivity index is 2.64. The normalized spacial score (nSPS) is 10.1. The lowest BCUT2D eigenvalue weighted by Crippen LogP contribution is -1.94. The van der Waals surface area contributed by atoms with Crippen LogP contribution in [0, 0.1) is 24.1 Å². The van der Waals surface area contributed by atoms with Crippen LogP contribution in [-0.4, -0.2) is 7.11 Å². The predicted octanol–water partition coefficient (Wildman–Crippen LogP) is 4.33. The van der Waals surface area contributed by atoms with E-state index in [1.54, 1.807) is 24.3 Å². The van der Waals surface area contributed by atoms with Gasteiger partial charge in [0.25, 0.3) is 0 Å². The summed E-state index contributed by atoms with van der Waals surface area (Å²) < 4.78 is 19.1. The minimum Gasteiger partial charge on any atom is -0.495 e. The van der Waals surface area contributed by atoms with Crippen LogP contribution < -0.4 is 4.74 Å². The second kappa shape index (κ2) is 5.29. The van der Waals surface area contributed by atoms with Crippen molar-refractivity contribution in [1.82, 2.24) is 0 Å². The molecule has 96 valence electrons. The Bertz CT molecular complexity index is 677. The lowest BCUT2D eigenvalue weighted by molar-refractivity contribution is 0.410. The Morgan fingerprint density at radius 3 is 2.58 bits per heavy atom. The largest absolute Gasteiger partial charge is 0.495 e. The number of aryl methyl sites for hydroxylation is 1. The van der Waals surface area contributed by atoms with Gasteiger partial charge in [0, 0.05) is 10.6 Å². The summed E-state index contributed by atoms with van der Waals surface area (Å²) in [5.74, 6) is 0.0987. The lowest BCUT2D eigenvalue weighted by Gasteiger charge is -2.10. The number of hydrogen-bond acceptors (Lipinski definition) is 2. The van der Waals surface area contributed by atoms with E-state index >= 15 is 0 Å². The van der Waals surface area contributed by atoms with E-state index in [1.807, 2.05) is 6.92 Å². The average Bonchev–Trinajstić information content (AvgIpc) is 2.37. The van der Waals surface area contributed by atoms with Gasteiger partial charge in [0.1, 0.15) is 17.6 Å². The van der Waals surface area contributed by atoms with Crippen molar-refractivity contribution in [3.63, 3.8) is 0 Å². The number of nitriles is 1. The van der Waals surface area contributed by atoms with Gasteiger partial charge >= 0.3 is 0 Å². The van der Waals surface area contributed by atoms with Gasteiger partial charge in [0.2, 0.25) is 0 Å². The van der Waals surface area contributed by atoms with E-state index in [0.717, 1.165) is 5.56 Å². The Kier molecular flexibility index (Phi) is 3.73.